The highest BCUT2D eigenvalue weighted by Gasteiger charge is 2.03. The molecule has 0 spiro atoms. The molecule has 6 nitrogen and oxygen atoms in total. The second-order valence-corrected chi connectivity index (χ2v) is 6.40. The highest BCUT2D eigenvalue weighted by Crippen LogP contribution is 2.20. The molecule has 0 bridgehead atoms. The summed E-state index contributed by atoms with van der Waals surface area (Å²) in [5.74, 6) is 2.11. The second kappa shape index (κ2) is 13.9. The van der Waals surface area contributed by atoms with Gasteiger partial charge in [-0.15, -0.1) is 0 Å². The third kappa shape index (κ3) is 8.67. The largest absolute Gasteiger partial charge is 0.491 e. The van der Waals surface area contributed by atoms with E-state index in [-0.39, 0.29) is 0 Å². The first kappa shape index (κ1) is 22.1. The minimum Gasteiger partial charge on any atom is -0.491 e. The summed E-state index contributed by atoms with van der Waals surface area (Å²) in [5, 5.41) is 0. The molecule has 0 unspecified atom stereocenters. The van der Waals surface area contributed by atoms with Crippen LogP contribution in [0.5, 0.6) is 11.5 Å². The molecule has 1 aromatic carbocycles. The standard InChI is InChI=1S/C22H32N2O4/c1-3-5-11-25-13-15-27-20-9-7-19(8-10-20)22-23-17-21(18-24-22)28-16-14-26-12-6-4-2/h7-10,17-18H,3-6,11-16H2,1-2H3. The second-order valence-electron chi connectivity index (χ2n) is 6.40. The lowest BCUT2D eigenvalue weighted by molar-refractivity contribution is 0.0978. The topological polar surface area (TPSA) is 62.7 Å². The number of aromatic nitrogens is 2. The predicted octanol–water partition coefficient (Wildman–Crippen LogP) is 4.53. The van der Waals surface area contributed by atoms with Gasteiger partial charge in [0, 0.05) is 18.8 Å². The Bertz CT molecular complexity index is 574. The highest BCUT2D eigenvalue weighted by atomic mass is 16.5. The van der Waals surface area contributed by atoms with Gasteiger partial charge in [0.1, 0.15) is 19.0 Å². The summed E-state index contributed by atoms with van der Waals surface area (Å²) < 4.78 is 22.2. The maximum absolute atomic E-state index is 5.68. The molecule has 0 aliphatic carbocycles. The molecule has 0 atom stereocenters. The maximum atomic E-state index is 5.68. The van der Waals surface area contributed by atoms with Gasteiger partial charge in [-0.3, -0.25) is 0 Å². The fourth-order valence-electron chi connectivity index (χ4n) is 2.37. The number of hydrogen-bond donors (Lipinski definition) is 0. The number of unbranched alkanes of at least 4 members (excludes halogenated alkanes) is 2. The number of benzene rings is 1. The molecule has 0 N–H and O–H groups in total. The molecule has 0 radical (unpaired) electrons. The average molecular weight is 389 g/mol. The summed E-state index contributed by atoms with van der Waals surface area (Å²) in [6.45, 7) is 8.10. The van der Waals surface area contributed by atoms with Crippen LogP contribution in [0.25, 0.3) is 11.4 Å². The van der Waals surface area contributed by atoms with Crippen LogP contribution in [0.4, 0.5) is 0 Å². The van der Waals surface area contributed by atoms with Crippen molar-refractivity contribution in [2.24, 2.45) is 0 Å². The van der Waals surface area contributed by atoms with E-state index < -0.39 is 0 Å². The summed E-state index contributed by atoms with van der Waals surface area (Å²) >= 11 is 0. The van der Waals surface area contributed by atoms with Gasteiger partial charge >= 0.3 is 0 Å². The van der Waals surface area contributed by atoms with Crippen LogP contribution in [-0.2, 0) is 9.47 Å². The molecular formula is C22H32N2O4. The lowest BCUT2D eigenvalue weighted by Crippen LogP contribution is -2.08. The first-order chi connectivity index (χ1) is 13.8. The Balaban J connectivity index is 1.71. The molecule has 2 rings (SSSR count). The van der Waals surface area contributed by atoms with Gasteiger partial charge in [-0.1, -0.05) is 26.7 Å². The molecule has 0 aliphatic rings. The van der Waals surface area contributed by atoms with Crippen LogP contribution in [-0.4, -0.2) is 49.6 Å². The zero-order chi connectivity index (χ0) is 19.9. The predicted molar refractivity (Wildman–Crippen MR) is 110 cm³/mol. The van der Waals surface area contributed by atoms with Gasteiger partial charge in [-0.05, 0) is 37.1 Å². The Morgan fingerprint density at radius 1 is 0.643 bits per heavy atom. The molecule has 0 fully saturated rings. The van der Waals surface area contributed by atoms with Crippen molar-refractivity contribution in [2.45, 2.75) is 39.5 Å². The summed E-state index contributed by atoms with van der Waals surface area (Å²) in [4.78, 5) is 8.75. The van der Waals surface area contributed by atoms with E-state index in [1.165, 1.54) is 0 Å². The van der Waals surface area contributed by atoms with E-state index in [0.29, 0.717) is 38.0 Å². The summed E-state index contributed by atoms with van der Waals surface area (Å²) in [7, 11) is 0. The Labute approximate surface area is 168 Å². The molecule has 2 aromatic rings. The Morgan fingerprint density at radius 2 is 1.18 bits per heavy atom. The SMILES string of the molecule is CCCCOCCOc1ccc(-c2ncc(OCCOCCCC)cn2)cc1. The van der Waals surface area contributed by atoms with Gasteiger partial charge in [-0.25, -0.2) is 9.97 Å². The van der Waals surface area contributed by atoms with Crippen molar-refractivity contribution in [1.29, 1.82) is 0 Å². The molecule has 28 heavy (non-hydrogen) atoms. The first-order valence-electron chi connectivity index (χ1n) is 10.2. The zero-order valence-electron chi connectivity index (χ0n) is 17.1. The van der Waals surface area contributed by atoms with Crippen molar-refractivity contribution in [3.05, 3.63) is 36.7 Å². The lowest BCUT2D eigenvalue weighted by Gasteiger charge is -2.08. The van der Waals surface area contributed by atoms with Gasteiger partial charge in [0.25, 0.3) is 0 Å². The summed E-state index contributed by atoms with van der Waals surface area (Å²) in [6.07, 6.45) is 7.82. The van der Waals surface area contributed by atoms with Crippen molar-refractivity contribution in [1.82, 2.24) is 9.97 Å². The van der Waals surface area contributed by atoms with Crippen LogP contribution in [0.2, 0.25) is 0 Å². The highest BCUT2D eigenvalue weighted by molar-refractivity contribution is 5.56. The molecular weight excluding hydrogens is 356 g/mol. The fraction of sp³-hybridized carbons (Fsp3) is 0.545. The number of hydrogen-bond acceptors (Lipinski definition) is 6. The van der Waals surface area contributed by atoms with Gasteiger partial charge < -0.3 is 18.9 Å². The molecule has 6 heteroatoms. The lowest BCUT2D eigenvalue weighted by atomic mass is 10.2. The fourth-order valence-corrected chi connectivity index (χ4v) is 2.37. The normalized spacial score (nSPS) is 10.8. The molecule has 1 aromatic heterocycles. The molecule has 0 saturated heterocycles. The Kier molecular flexibility index (Phi) is 11.0. The third-order valence-electron chi connectivity index (χ3n) is 4.02. The van der Waals surface area contributed by atoms with E-state index in [2.05, 4.69) is 23.8 Å². The van der Waals surface area contributed by atoms with Crippen LogP contribution >= 0.6 is 0 Å². The minimum atomic E-state index is 0.501. The zero-order valence-corrected chi connectivity index (χ0v) is 17.1. The summed E-state index contributed by atoms with van der Waals surface area (Å²) in [6, 6.07) is 7.74. The van der Waals surface area contributed by atoms with Crippen LogP contribution in [0.1, 0.15) is 39.5 Å². The van der Waals surface area contributed by atoms with Crippen molar-refractivity contribution in [2.75, 3.05) is 39.6 Å². The molecule has 1 heterocycles. The van der Waals surface area contributed by atoms with E-state index in [9.17, 15) is 0 Å². The van der Waals surface area contributed by atoms with E-state index in [1.54, 1.807) is 12.4 Å². The monoisotopic (exact) mass is 388 g/mol. The van der Waals surface area contributed by atoms with Gasteiger partial charge in [0.2, 0.25) is 0 Å². The van der Waals surface area contributed by atoms with E-state index >= 15 is 0 Å². The maximum Gasteiger partial charge on any atom is 0.159 e. The van der Waals surface area contributed by atoms with Crippen LogP contribution in [0.15, 0.2) is 36.7 Å². The number of ether oxygens (including phenoxy) is 4. The van der Waals surface area contributed by atoms with Gasteiger partial charge in [0.05, 0.1) is 25.6 Å². The summed E-state index contributed by atoms with van der Waals surface area (Å²) in [5.41, 5.74) is 0.931. The first-order valence-corrected chi connectivity index (χ1v) is 10.2. The molecule has 0 amide bonds. The number of nitrogens with zero attached hydrogens (tertiary/aromatic N) is 2. The average Bonchev–Trinajstić information content (AvgIpc) is 2.74. The Hall–Kier alpha value is -2.18. The molecule has 154 valence electrons. The Morgan fingerprint density at radius 3 is 1.71 bits per heavy atom. The van der Waals surface area contributed by atoms with Crippen molar-refractivity contribution >= 4 is 0 Å². The van der Waals surface area contributed by atoms with E-state index in [4.69, 9.17) is 18.9 Å². The quantitative estimate of drug-likeness (QED) is 0.418. The van der Waals surface area contributed by atoms with Crippen LogP contribution in [0.3, 0.4) is 0 Å². The van der Waals surface area contributed by atoms with Gasteiger partial charge in [-0.2, -0.15) is 0 Å². The van der Waals surface area contributed by atoms with Crippen LogP contribution < -0.4 is 9.47 Å². The van der Waals surface area contributed by atoms with Crippen molar-refractivity contribution < 1.29 is 18.9 Å². The van der Waals surface area contributed by atoms with E-state index in [1.807, 2.05) is 24.3 Å². The van der Waals surface area contributed by atoms with E-state index in [0.717, 1.165) is 50.2 Å². The molecule has 0 aliphatic heterocycles. The number of rotatable bonds is 15. The smallest absolute Gasteiger partial charge is 0.159 e. The molecule has 0 saturated carbocycles. The van der Waals surface area contributed by atoms with Crippen molar-refractivity contribution in [3.8, 4) is 22.9 Å². The van der Waals surface area contributed by atoms with Gasteiger partial charge in [0.15, 0.2) is 11.6 Å². The van der Waals surface area contributed by atoms with Crippen molar-refractivity contribution in [3.63, 3.8) is 0 Å². The van der Waals surface area contributed by atoms with Crippen LogP contribution in [0, 0.1) is 0 Å². The minimum absolute atomic E-state index is 0.501. The third-order valence-corrected chi connectivity index (χ3v) is 4.02.